The molecule has 1 heterocycles. The van der Waals surface area contributed by atoms with Crippen molar-refractivity contribution in [2.24, 2.45) is 0 Å². The van der Waals surface area contributed by atoms with E-state index in [1.165, 1.54) is 7.11 Å². The van der Waals surface area contributed by atoms with Gasteiger partial charge in [-0.25, -0.2) is 9.78 Å². The normalized spacial score (nSPS) is 15.5. The number of hydrogen-bond acceptors (Lipinski definition) is 6. The molecule has 0 aliphatic heterocycles. The number of rotatable bonds is 7. The molecule has 1 aromatic heterocycles. The summed E-state index contributed by atoms with van der Waals surface area (Å²) in [6.45, 7) is 3.83. The van der Waals surface area contributed by atoms with Gasteiger partial charge in [0.1, 0.15) is 4.88 Å². The molecule has 0 aromatic carbocycles. The minimum Gasteiger partial charge on any atom is -0.464 e. The lowest BCUT2D eigenvalue weighted by molar-refractivity contribution is -0.150. The molecular weight excluding hydrogens is 328 g/mol. The van der Waals surface area contributed by atoms with Gasteiger partial charge in [0.05, 0.1) is 18.9 Å². The number of esters is 1. The molecule has 1 aliphatic rings. The highest BCUT2D eigenvalue weighted by Crippen LogP contribution is 2.33. The maximum atomic E-state index is 12.9. The smallest absolute Gasteiger partial charge is 0.331 e. The zero-order chi connectivity index (χ0) is 16.3. The van der Waals surface area contributed by atoms with Gasteiger partial charge in [0.15, 0.2) is 10.5 Å². The fraction of sp³-hybridized carbons (Fsp3) is 0.643. The van der Waals surface area contributed by atoms with Crippen LogP contribution in [0.25, 0.3) is 0 Å². The van der Waals surface area contributed by atoms with Crippen LogP contribution in [0, 0.1) is 6.92 Å². The number of nitrogens with zero attached hydrogens (tertiary/aromatic N) is 2. The van der Waals surface area contributed by atoms with Gasteiger partial charge in [0.25, 0.3) is 5.91 Å². The van der Waals surface area contributed by atoms with E-state index in [2.05, 4.69) is 4.98 Å². The second-order valence-corrected chi connectivity index (χ2v) is 6.63. The van der Waals surface area contributed by atoms with Crippen molar-refractivity contribution in [3.8, 4) is 0 Å². The summed E-state index contributed by atoms with van der Waals surface area (Å²) in [6, 6.07) is -0.706. The number of thiazole rings is 1. The summed E-state index contributed by atoms with van der Waals surface area (Å²) in [5.41, 5.74) is 0.575. The average molecular weight is 347 g/mol. The summed E-state index contributed by atoms with van der Waals surface area (Å²) in [5.74, 6) is -0.683. The summed E-state index contributed by atoms with van der Waals surface area (Å²) in [7, 11) is 1.50. The second kappa shape index (κ2) is 7.39. The van der Waals surface area contributed by atoms with Crippen molar-refractivity contribution >= 4 is 34.8 Å². The number of halogens is 1. The van der Waals surface area contributed by atoms with Gasteiger partial charge in [-0.15, -0.1) is 0 Å². The van der Waals surface area contributed by atoms with Gasteiger partial charge in [-0.05, 0) is 26.7 Å². The molecule has 1 atom stereocenters. The molecule has 122 valence electrons. The van der Waals surface area contributed by atoms with Crippen LogP contribution < -0.4 is 0 Å². The largest absolute Gasteiger partial charge is 0.464 e. The fourth-order valence-corrected chi connectivity index (χ4v) is 3.35. The topological polar surface area (TPSA) is 68.7 Å². The fourth-order valence-electron chi connectivity index (χ4n) is 2.25. The van der Waals surface area contributed by atoms with E-state index in [1.54, 1.807) is 18.7 Å². The zero-order valence-corrected chi connectivity index (χ0v) is 14.4. The van der Waals surface area contributed by atoms with Crippen molar-refractivity contribution in [3.05, 3.63) is 15.0 Å². The molecule has 0 bridgehead atoms. The molecule has 0 radical (unpaired) electrons. The second-order valence-electron chi connectivity index (χ2n) is 5.05. The Morgan fingerprint density at radius 1 is 1.50 bits per heavy atom. The lowest BCUT2D eigenvalue weighted by Crippen LogP contribution is -2.49. The first-order valence-corrected chi connectivity index (χ1v) is 8.30. The minimum absolute atomic E-state index is 0.0392. The summed E-state index contributed by atoms with van der Waals surface area (Å²) in [6.07, 6.45) is 1.74. The molecular formula is C14H19ClN2O4S. The Morgan fingerprint density at radius 2 is 2.18 bits per heavy atom. The maximum absolute atomic E-state index is 12.9. The van der Waals surface area contributed by atoms with Crippen LogP contribution in [0.3, 0.4) is 0 Å². The van der Waals surface area contributed by atoms with Gasteiger partial charge < -0.3 is 14.4 Å². The Hall–Kier alpha value is -1.18. The van der Waals surface area contributed by atoms with Crippen LogP contribution in [0.15, 0.2) is 0 Å². The lowest BCUT2D eigenvalue weighted by atomic mass is 10.2. The summed E-state index contributed by atoms with van der Waals surface area (Å²) in [5, 5.41) is 0. The van der Waals surface area contributed by atoms with Gasteiger partial charge in [-0.2, -0.15) is 0 Å². The van der Waals surface area contributed by atoms with Gasteiger partial charge in [-0.1, -0.05) is 22.9 Å². The number of ether oxygens (including phenoxy) is 2. The van der Waals surface area contributed by atoms with E-state index in [-0.39, 0.29) is 25.2 Å². The predicted molar refractivity (Wildman–Crippen MR) is 83.3 cm³/mol. The molecule has 0 unspecified atom stereocenters. The average Bonchev–Trinajstić information content (AvgIpc) is 3.23. The number of hydrogen-bond donors (Lipinski definition) is 0. The third-order valence-corrected chi connectivity index (χ3v) is 4.61. The minimum atomic E-state index is -0.745. The predicted octanol–water partition coefficient (Wildman–Crippen LogP) is 2.29. The summed E-state index contributed by atoms with van der Waals surface area (Å²) in [4.78, 5) is 31.2. The number of carbonyl (C=O) groups excluding carboxylic acids is 2. The molecule has 1 fully saturated rings. The molecule has 1 amide bonds. The Labute approximate surface area is 138 Å². The van der Waals surface area contributed by atoms with E-state index in [0.717, 1.165) is 24.2 Å². The SMILES string of the molecule is CCOC(=O)[C@@H](COC)N(C(=O)c1sc(Cl)nc1C)C1CC1. The van der Waals surface area contributed by atoms with Gasteiger partial charge in [0, 0.05) is 13.2 Å². The molecule has 1 saturated carbocycles. The Bertz CT molecular complexity index is 559. The zero-order valence-electron chi connectivity index (χ0n) is 12.8. The van der Waals surface area contributed by atoms with Crippen LogP contribution in [0.4, 0.5) is 0 Å². The van der Waals surface area contributed by atoms with E-state index in [9.17, 15) is 9.59 Å². The van der Waals surface area contributed by atoms with Crippen molar-refractivity contribution < 1.29 is 19.1 Å². The molecule has 0 spiro atoms. The van der Waals surface area contributed by atoms with Crippen molar-refractivity contribution in [3.63, 3.8) is 0 Å². The first kappa shape index (κ1) is 17.2. The number of aromatic nitrogens is 1. The van der Waals surface area contributed by atoms with Crippen LogP contribution in [-0.2, 0) is 14.3 Å². The molecule has 0 saturated heterocycles. The van der Waals surface area contributed by atoms with Crippen LogP contribution in [0.1, 0.15) is 35.1 Å². The van der Waals surface area contributed by atoms with E-state index in [1.807, 2.05) is 0 Å². The van der Waals surface area contributed by atoms with Crippen molar-refractivity contribution in [1.82, 2.24) is 9.88 Å². The first-order valence-electron chi connectivity index (χ1n) is 7.10. The van der Waals surface area contributed by atoms with Crippen molar-refractivity contribution in [2.75, 3.05) is 20.3 Å². The third-order valence-electron chi connectivity index (χ3n) is 3.36. The molecule has 8 heteroatoms. The number of amides is 1. The van der Waals surface area contributed by atoms with E-state index in [4.69, 9.17) is 21.1 Å². The molecule has 2 rings (SSSR count). The highest BCUT2D eigenvalue weighted by atomic mass is 35.5. The first-order chi connectivity index (χ1) is 10.5. The molecule has 22 heavy (non-hydrogen) atoms. The lowest BCUT2D eigenvalue weighted by Gasteiger charge is -2.29. The summed E-state index contributed by atoms with van der Waals surface area (Å²) >= 11 is 7.01. The van der Waals surface area contributed by atoms with E-state index < -0.39 is 12.0 Å². The van der Waals surface area contributed by atoms with Gasteiger partial charge >= 0.3 is 5.97 Å². The number of methoxy groups -OCH3 is 1. The standard InChI is InChI=1S/C14H19ClN2O4S/c1-4-21-13(19)10(7-20-3)17(9-5-6-9)12(18)11-8(2)16-14(15)22-11/h9-10H,4-7H2,1-3H3/t10-/m1/s1. The highest BCUT2D eigenvalue weighted by molar-refractivity contribution is 7.17. The number of carbonyl (C=O) groups is 2. The van der Waals surface area contributed by atoms with Crippen LogP contribution in [0.5, 0.6) is 0 Å². The van der Waals surface area contributed by atoms with Crippen molar-refractivity contribution in [1.29, 1.82) is 0 Å². The molecule has 1 aromatic rings. The van der Waals surface area contributed by atoms with Crippen molar-refractivity contribution in [2.45, 2.75) is 38.8 Å². The Morgan fingerprint density at radius 3 is 2.64 bits per heavy atom. The maximum Gasteiger partial charge on any atom is 0.331 e. The Kier molecular flexibility index (Phi) is 5.77. The molecule has 0 N–H and O–H groups in total. The third kappa shape index (κ3) is 3.77. The number of aryl methyl sites for hydroxylation is 1. The summed E-state index contributed by atoms with van der Waals surface area (Å²) < 4.78 is 10.5. The Balaban J connectivity index is 2.29. The van der Waals surface area contributed by atoms with Crippen LogP contribution in [-0.4, -0.2) is 54.2 Å². The van der Waals surface area contributed by atoms with E-state index >= 15 is 0 Å². The highest BCUT2D eigenvalue weighted by Gasteiger charge is 2.42. The van der Waals surface area contributed by atoms with Gasteiger partial charge in [0.2, 0.25) is 0 Å². The molecule has 6 nitrogen and oxygen atoms in total. The quantitative estimate of drug-likeness (QED) is 0.708. The van der Waals surface area contributed by atoms with Gasteiger partial charge in [-0.3, -0.25) is 4.79 Å². The van der Waals surface area contributed by atoms with E-state index in [0.29, 0.717) is 15.0 Å². The monoisotopic (exact) mass is 346 g/mol. The van der Waals surface area contributed by atoms with Crippen LogP contribution in [0.2, 0.25) is 4.47 Å². The van der Waals surface area contributed by atoms with Crippen LogP contribution >= 0.6 is 22.9 Å². The molecule has 1 aliphatic carbocycles.